The summed E-state index contributed by atoms with van der Waals surface area (Å²) in [4.78, 5) is 26.3. The summed E-state index contributed by atoms with van der Waals surface area (Å²) in [5.74, 6) is -1.03. The van der Waals surface area contributed by atoms with Crippen molar-refractivity contribution in [3.63, 3.8) is 0 Å². The number of rotatable bonds is 7. The molecule has 0 fully saturated rings. The van der Waals surface area contributed by atoms with E-state index in [9.17, 15) is 22.8 Å². The first kappa shape index (κ1) is 20.2. The van der Waals surface area contributed by atoms with Gasteiger partial charge in [-0.15, -0.1) is 0 Å². The molecular formula is C18H18F3N3O3. The number of amides is 2. The van der Waals surface area contributed by atoms with Crippen molar-refractivity contribution < 1.29 is 27.9 Å². The Hall–Kier alpha value is -3.10. The van der Waals surface area contributed by atoms with Crippen LogP contribution in [0.25, 0.3) is 0 Å². The average Bonchev–Trinajstić information content (AvgIpc) is 2.60. The van der Waals surface area contributed by atoms with Crippen molar-refractivity contribution in [3.8, 4) is 0 Å². The number of hydrogen-bond acceptors (Lipinski definition) is 3. The standard InChI is InChI=1S/C18H18F3N3O3/c19-18(20,21)16-14(7-4-10-22-16)24-17(27)23-13(8-9-15(25)26)11-12-5-2-1-3-6-12/h1-7,10,13H,8-9,11H2,(H,25,26)(H2,23,24,27). The second kappa shape index (κ2) is 9.02. The van der Waals surface area contributed by atoms with E-state index in [4.69, 9.17) is 5.11 Å². The SMILES string of the molecule is O=C(O)CCC(Cc1ccccc1)NC(=O)Nc1cccnc1C(F)(F)F. The van der Waals surface area contributed by atoms with Gasteiger partial charge in [0, 0.05) is 18.7 Å². The van der Waals surface area contributed by atoms with E-state index < -0.39 is 35.6 Å². The Morgan fingerprint density at radius 1 is 1.11 bits per heavy atom. The van der Waals surface area contributed by atoms with Crippen LogP contribution in [-0.4, -0.2) is 28.1 Å². The number of carbonyl (C=O) groups excluding carboxylic acids is 1. The quantitative estimate of drug-likeness (QED) is 0.682. The smallest absolute Gasteiger partial charge is 0.435 e. The number of anilines is 1. The molecule has 1 heterocycles. The maximum atomic E-state index is 13.0. The van der Waals surface area contributed by atoms with Gasteiger partial charge in [0.15, 0.2) is 5.69 Å². The molecule has 9 heteroatoms. The Labute approximate surface area is 153 Å². The lowest BCUT2D eigenvalue weighted by atomic mass is 10.0. The van der Waals surface area contributed by atoms with Crippen LogP contribution in [0.1, 0.15) is 24.1 Å². The van der Waals surface area contributed by atoms with E-state index in [1.165, 1.54) is 6.07 Å². The first-order chi connectivity index (χ1) is 12.8. The highest BCUT2D eigenvalue weighted by atomic mass is 19.4. The van der Waals surface area contributed by atoms with Gasteiger partial charge in [-0.25, -0.2) is 9.78 Å². The highest BCUT2D eigenvalue weighted by Crippen LogP contribution is 2.32. The molecule has 0 saturated carbocycles. The van der Waals surface area contributed by atoms with Gasteiger partial charge in [-0.2, -0.15) is 13.2 Å². The second-order valence-corrected chi connectivity index (χ2v) is 5.81. The minimum atomic E-state index is -4.71. The second-order valence-electron chi connectivity index (χ2n) is 5.81. The zero-order valence-electron chi connectivity index (χ0n) is 14.2. The van der Waals surface area contributed by atoms with Gasteiger partial charge in [-0.1, -0.05) is 30.3 Å². The monoisotopic (exact) mass is 381 g/mol. The minimum Gasteiger partial charge on any atom is -0.481 e. The molecule has 1 aromatic heterocycles. The number of hydrogen-bond donors (Lipinski definition) is 3. The number of urea groups is 1. The first-order valence-corrected chi connectivity index (χ1v) is 8.11. The van der Waals surface area contributed by atoms with Gasteiger partial charge in [-0.3, -0.25) is 4.79 Å². The van der Waals surface area contributed by atoms with Gasteiger partial charge in [0.05, 0.1) is 5.69 Å². The number of halogens is 3. The topological polar surface area (TPSA) is 91.3 Å². The fraction of sp³-hybridized carbons (Fsp3) is 0.278. The molecule has 0 aliphatic carbocycles. The predicted octanol–water partition coefficient (Wildman–Crippen LogP) is 3.70. The van der Waals surface area contributed by atoms with Crippen LogP contribution < -0.4 is 10.6 Å². The molecule has 1 aromatic carbocycles. The molecule has 1 unspecified atom stereocenters. The zero-order valence-corrected chi connectivity index (χ0v) is 14.2. The molecule has 0 bridgehead atoms. The van der Waals surface area contributed by atoms with Crippen LogP contribution in [0.4, 0.5) is 23.7 Å². The number of nitrogens with one attached hydrogen (secondary N) is 2. The Balaban J connectivity index is 2.08. The van der Waals surface area contributed by atoms with E-state index in [0.29, 0.717) is 6.42 Å². The number of aliphatic carboxylic acids is 1. The summed E-state index contributed by atoms with van der Waals surface area (Å²) in [7, 11) is 0. The van der Waals surface area contributed by atoms with Crippen LogP contribution in [0.3, 0.4) is 0 Å². The zero-order chi connectivity index (χ0) is 19.9. The molecule has 2 amide bonds. The highest BCUT2D eigenvalue weighted by Gasteiger charge is 2.35. The van der Waals surface area contributed by atoms with Crippen LogP contribution in [-0.2, 0) is 17.4 Å². The number of aromatic nitrogens is 1. The largest absolute Gasteiger partial charge is 0.481 e. The van der Waals surface area contributed by atoms with Gasteiger partial charge in [0.2, 0.25) is 0 Å². The summed E-state index contributed by atoms with van der Waals surface area (Å²) >= 11 is 0. The third-order valence-electron chi connectivity index (χ3n) is 3.69. The van der Waals surface area contributed by atoms with Gasteiger partial charge >= 0.3 is 18.2 Å². The lowest BCUT2D eigenvalue weighted by Gasteiger charge is -2.19. The summed E-state index contributed by atoms with van der Waals surface area (Å²) < 4.78 is 38.9. The molecule has 0 saturated heterocycles. The fourth-order valence-corrected chi connectivity index (χ4v) is 2.50. The molecule has 2 rings (SSSR count). The fourth-order valence-electron chi connectivity index (χ4n) is 2.50. The third-order valence-corrected chi connectivity index (χ3v) is 3.69. The van der Waals surface area contributed by atoms with Crippen LogP contribution in [0, 0.1) is 0 Å². The minimum absolute atomic E-state index is 0.136. The number of carboxylic acids is 1. The summed E-state index contributed by atoms with van der Waals surface area (Å²) in [5, 5.41) is 13.5. The van der Waals surface area contributed by atoms with Crippen molar-refractivity contribution in [2.75, 3.05) is 5.32 Å². The lowest BCUT2D eigenvalue weighted by molar-refractivity contribution is -0.140. The molecule has 0 aliphatic heterocycles. The van der Waals surface area contributed by atoms with Crippen LogP contribution in [0.5, 0.6) is 0 Å². The van der Waals surface area contributed by atoms with Crippen molar-refractivity contribution in [1.29, 1.82) is 0 Å². The Bertz CT molecular complexity index is 782. The van der Waals surface area contributed by atoms with Crippen LogP contribution in [0.2, 0.25) is 0 Å². The van der Waals surface area contributed by atoms with E-state index in [-0.39, 0.29) is 12.8 Å². The molecule has 0 radical (unpaired) electrons. The molecular weight excluding hydrogens is 363 g/mol. The molecule has 27 heavy (non-hydrogen) atoms. The van der Waals surface area contributed by atoms with Crippen molar-refractivity contribution in [2.24, 2.45) is 0 Å². The maximum Gasteiger partial charge on any atom is 0.435 e. The number of carboxylic acid groups (broad SMARTS) is 1. The molecule has 2 aromatic rings. The van der Waals surface area contributed by atoms with Crippen LogP contribution in [0.15, 0.2) is 48.7 Å². The van der Waals surface area contributed by atoms with Crippen molar-refractivity contribution in [1.82, 2.24) is 10.3 Å². The molecule has 0 spiro atoms. The Morgan fingerprint density at radius 3 is 2.44 bits per heavy atom. The first-order valence-electron chi connectivity index (χ1n) is 8.11. The van der Waals surface area contributed by atoms with E-state index in [1.807, 2.05) is 18.2 Å². The number of nitrogens with zero attached hydrogens (tertiary/aromatic N) is 1. The molecule has 144 valence electrons. The maximum absolute atomic E-state index is 13.0. The predicted molar refractivity (Wildman–Crippen MR) is 92.2 cm³/mol. The van der Waals surface area contributed by atoms with E-state index in [2.05, 4.69) is 15.6 Å². The average molecular weight is 381 g/mol. The summed E-state index contributed by atoms with van der Waals surface area (Å²) in [6.07, 6.45) is -3.43. The van der Waals surface area contributed by atoms with E-state index in [1.54, 1.807) is 12.1 Å². The van der Waals surface area contributed by atoms with E-state index >= 15 is 0 Å². The number of carbonyl (C=O) groups is 2. The van der Waals surface area contributed by atoms with Gasteiger partial charge < -0.3 is 15.7 Å². The van der Waals surface area contributed by atoms with Gasteiger partial charge in [0.25, 0.3) is 0 Å². The Kier molecular flexibility index (Phi) is 6.75. The summed E-state index contributed by atoms with van der Waals surface area (Å²) in [6.45, 7) is 0. The number of alkyl halides is 3. The Morgan fingerprint density at radius 2 is 1.81 bits per heavy atom. The number of benzene rings is 1. The molecule has 3 N–H and O–H groups in total. The summed E-state index contributed by atoms with van der Waals surface area (Å²) in [5.41, 5.74) is -0.810. The third kappa shape index (κ3) is 6.61. The van der Waals surface area contributed by atoms with Gasteiger partial charge in [-0.05, 0) is 30.5 Å². The molecule has 1 atom stereocenters. The van der Waals surface area contributed by atoms with Crippen molar-refractivity contribution in [2.45, 2.75) is 31.5 Å². The summed E-state index contributed by atoms with van der Waals surface area (Å²) in [6, 6.07) is 10.00. The van der Waals surface area contributed by atoms with Crippen molar-refractivity contribution in [3.05, 3.63) is 59.9 Å². The van der Waals surface area contributed by atoms with Gasteiger partial charge in [0.1, 0.15) is 0 Å². The molecule has 0 aliphatic rings. The van der Waals surface area contributed by atoms with E-state index in [0.717, 1.165) is 17.8 Å². The van der Waals surface area contributed by atoms with Crippen molar-refractivity contribution >= 4 is 17.7 Å². The number of pyridine rings is 1. The lowest BCUT2D eigenvalue weighted by Crippen LogP contribution is -2.40. The normalized spacial score (nSPS) is 12.3. The highest BCUT2D eigenvalue weighted by molar-refractivity contribution is 5.90. The van der Waals surface area contributed by atoms with Crippen LogP contribution >= 0.6 is 0 Å². The molecule has 6 nitrogen and oxygen atoms in total.